The minimum absolute atomic E-state index is 0.251. The summed E-state index contributed by atoms with van der Waals surface area (Å²) in [6, 6.07) is 9.32. The Bertz CT molecular complexity index is 734. The average molecular weight is 404 g/mol. The summed E-state index contributed by atoms with van der Waals surface area (Å²) in [4.78, 5) is 0. The Kier molecular flexibility index (Phi) is 7.04. The lowest BCUT2D eigenvalue weighted by Gasteiger charge is -2.13. The van der Waals surface area contributed by atoms with E-state index in [0.717, 1.165) is 28.9 Å². The molecule has 6 heteroatoms. The molecule has 0 saturated heterocycles. The molecule has 0 aliphatic heterocycles. The molecule has 0 radical (unpaired) electrons. The second-order valence-corrected chi connectivity index (χ2v) is 6.51. The van der Waals surface area contributed by atoms with Crippen molar-refractivity contribution in [2.75, 3.05) is 19.0 Å². The molecule has 124 valence electrons. The summed E-state index contributed by atoms with van der Waals surface area (Å²) in [5.74, 6) is 1.10. The highest BCUT2D eigenvalue weighted by Gasteiger charge is 2.08. The Balaban J connectivity index is 1.84. The third-order valence-electron chi connectivity index (χ3n) is 3.41. The molecule has 2 rings (SSSR count). The second kappa shape index (κ2) is 9.26. The Labute approximate surface area is 156 Å². The maximum Gasteiger partial charge on any atom is 0.170 e. The molecule has 0 heterocycles. The Morgan fingerprint density at radius 1 is 1.38 bits per heavy atom. The van der Waals surface area contributed by atoms with Gasteiger partial charge in [0.25, 0.3) is 0 Å². The lowest BCUT2D eigenvalue weighted by molar-refractivity contribution is 0.303. The van der Waals surface area contributed by atoms with Crippen molar-refractivity contribution in [3.63, 3.8) is 0 Å². The van der Waals surface area contributed by atoms with E-state index in [1.807, 2.05) is 24.3 Å². The van der Waals surface area contributed by atoms with E-state index in [0.29, 0.717) is 10.7 Å². The third kappa shape index (κ3) is 5.84. The van der Waals surface area contributed by atoms with Crippen LogP contribution >= 0.6 is 28.1 Å². The molecule has 4 nitrogen and oxygen atoms in total. The molecular weight excluding hydrogens is 386 g/mol. The zero-order chi connectivity index (χ0) is 17.4. The molecule has 0 amide bonds. The van der Waals surface area contributed by atoms with Gasteiger partial charge in [0, 0.05) is 22.6 Å². The van der Waals surface area contributed by atoms with E-state index in [1.165, 1.54) is 0 Å². The average Bonchev–Trinajstić information content (AvgIpc) is 2.76. The fourth-order valence-corrected chi connectivity index (χ4v) is 2.92. The Morgan fingerprint density at radius 2 is 2.21 bits per heavy atom. The Morgan fingerprint density at radius 3 is 2.96 bits per heavy atom. The first-order valence-corrected chi connectivity index (χ1v) is 8.67. The zero-order valence-electron chi connectivity index (χ0n) is 13.3. The van der Waals surface area contributed by atoms with E-state index in [-0.39, 0.29) is 5.92 Å². The van der Waals surface area contributed by atoms with Gasteiger partial charge < -0.3 is 15.4 Å². The number of benzene rings is 1. The summed E-state index contributed by atoms with van der Waals surface area (Å²) in [7, 11) is 1.67. The smallest absolute Gasteiger partial charge is 0.170 e. The van der Waals surface area contributed by atoms with Crippen molar-refractivity contribution in [2.24, 2.45) is 5.92 Å². The molecule has 1 aliphatic carbocycles. The maximum absolute atomic E-state index is 8.91. The van der Waals surface area contributed by atoms with Gasteiger partial charge in [0.15, 0.2) is 5.11 Å². The zero-order valence-corrected chi connectivity index (χ0v) is 15.7. The second-order valence-electron chi connectivity index (χ2n) is 5.18. The largest absolute Gasteiger partial charge is 0.497 e. The number of allylic oxidation sites excluding steroid dienone is 5. The molecule has 0 spiro atoms. The lowest BCUT2D eigenvalue weighted by Crippen LogP contribution is -2.30. The van der Waals surface area contributed by atoms with E-state index >= 15 is 0 Å². The molecule has 0 fully saturated rings. The van der Waals surface area contributed by atoms with Gasteiger partial charge in [-0.3, -0.25) is 0 Å². The molecule has 1 aliphatic rings. The maximum atomic E-state index is 8.91. The predicted octanol–water partition coefficient (Wildman–Crippen LogP) is 4.23. The van der Waals surface area contributed by atoms with E-state index < -0.39 is 0 Å². The fraction of sp³-hybridized carbons (Fsp3) is 0.222. The van der Waals surface area contributed by atoms with Gasteiger partial charge in [0.05, 0.1) is 18.7 Å². The minimum atomic E-state index is 0.251. The molecule has 2 N–H and O–H groups in total. The van der Waals surface area contributed by atoms with E-state index in [9.17, 15) is 0 Å². The van der Waals surface area contributed by atoms with Crippen LogP contribution in [0.15, 0.2) is 58.8 Å². The molecular formula is C18H18BrN3OS. The summed E-state index contributed by atoms with van der Waals surface area (Å²) in [5, 5.41) is 15.7. The standard InChI is InChI=1S/C18H18BrN3OS/c1-23-17-6-5-15(19)9-13(11-17)7-8-21-18(24)22-16-4-2-3-14(10-16)12-20/h2-6,9-11,13H,7-8H2,1H3,(H2,21,22,24). The number of ether oxygens (including phenoxy) is 1. The van der Waals surface area contributed by atoms with Crippen LogP contribution in [0.2, 0.25) is 0 Å². The summed E-state index contributed by atoms with van der Waals surface area (Å²) in [6.45, 7) is 0.721. The molecule has 1 aromatic carbocycles. The number of hydrogen-bond donors (Lipinski definition) is 2. The highest BCUT2D eigenvalue weighted by atomic mass is 79.9. The van der Waals surface area contributed by atoms with Crippen molar-refractivity contribution in [3.8, 4) is 6.07 Å². The van der Waals surface area contributed by atoms with Crippen molar-refractivity contribution >= 4 is 38.9 Å². The number of nitrogens with one attached hydrogen (secondary N) is 2. The lowest BCUT2D eigenvalue weighted by atomic mass is 10.0. The van der Waals surface area contributed by atoms with Gasteiger partial charge in [0.1, 0.15) is 5.76 Å². The van der Waals surface area contributed by atoms with Crippen LogP contribution in [0.25, 0.3) is 0 Å². The third-order valence-corrected chi connectivity index (χ3v) is 4.18. The van der Waals surface area contributed by atoms with Crippen molar-refractivity contribution in [3.05, 3.63) is 64.4 Å². The summed E-state index contributed by atoms with van der Waals surface area (Å²) < 4.78 is 6.35. The number of halogens is 1. The van der Waals surface area contributed by atoms with Crippen LogP contribution in [0.4, 0.5) is 5.69 Å². The van der Waals surface area contributed by atoms with Crippen molar-refractivity contribution in [2.45, 2.75) is 6.42 Å². The Hall–Kier alpha value is -2.10. The van der Waals surface area contributed by atoms with Crippen molar-refractivity contribution in [1.29, 1.82) is 5.26 Å². The van der Waals surface area contributed by atoms with Gasteiger partial charge in [-0.2, -0.15) is 5.26 Å². The summed E-state index contributed by atoms with van der Waals surface area (Å²) in [6.07, 6.45) is 9.00. The molecule has 0 aromatic heterocycles. The van der Waals surface area contributed by atoms with E-state index in [4.69, 9.17) is 22.2 Å². The van der Waals surface area contributed by atoms with Crippen LogP contribution in [0.5, 0.6) is 0 Å². The van der Waals surface area contributed by atoms with Crippen molar-refractivity contribution in [1.82, 2.24) is 5.32 Å². The first-order chi connectivity index (χ1) is 11.6. The van der Waals surface area contributed by atoms with Crippen LogP contribution in [-0.2, 0) is 4.74 Å². The normalized spacial score (nSPS) is 16.3. The van der Waals surface area contributed by atoms with Gasteiger partial charge in [-0.1, -0.05) is 28.1 Å². The monoisotopic (exact) mass is 403 g/mol. The quantitative estimate of drug-likeness (QED) is 0.720. The number of hydrogen-bond acceptors (Lipinski definition) is 3. The van der Waals surface area contributed by atoms with Crippen LogP contribution < -0.4 is 10.6 Å². The van der Waals surface area contributed by atoms with Gasteiger partial charge in [0.2, 0.25) is 0 Å². The number of thiocarbonyl (C=S) groups is 1. The molecule has 0 bridgehead atoms. The number of methoxy groups -OCH3 is 1. The first-order valence-electron chi connectivity index (χ1n) is 7.47. The van der Waals surface area contributed by atoms with Gasteiger partial charge in [-0.25, -0.2) is 0 Å². The number of rotatable bonds is 5. The van der Waals surface area contributed by atoms with Crippen LogP contribution in [-0.4, -0.2) is 18.8 Å². The van der Waals surface area contributed by atoms with E-state index in [2.05, 4.69) is 44.8 Å². The SMILES string of the molecule is COC1=CC(CCNC(=S)Nc2cccc(C#N)c2)C=C(Br)C=C1. The highest BCUT2D eigenvalue weighted by molar-refractivity contribution is 9.11. The van der Waals surface area contributed by atoms with E-state index in [1.54, 1.807) is 19.2 Å². The highest BCUT2D eigenvalue weighted by Crippen LogP contribution is 2.21. The van der Waals surface area contributed by atoms with Crippen LogP contribution in [0.1, 0.15) is 12.0 Å². The van der Waals surface area contributed by atoms with Crippen molar-refractivity contribution < 1.29 is 4.74 Å². The number of nitriles is 1. The molecule has 1 aromatic rings. The summed E-state index contributed by atoms with van der Waals surface area (Å²) in [5.41, 5.74) is 1.40. The predicted molar refractivity (Wildman–Crippen MR) is 105 cm³/mol. The number of anilines is 1. The minimum Gasteiger partial charge on any atom is -0.497 e. The molecule has 1 atom stereocenters. The number of nitrogens with zero attached hydrogens (tertiary/aromatic N) is 1. The van der Waals surface area contributed by atoms with Crippen LogP contribution in [0.3, 0.4) is 0 Å². The molecule has 0 saturated carbocycles. The summed E-state index contributed by atoms with van der Waals surface area (Å²) >= 11 is 8.81. The molecule has 1 unspecified atom stereocenters. The molecule has 24 heavy (non-hydrogen) atoms. The van der Waals surface area contributed by atoms with Gasteiger partial charge in [-0.15, -0.1) is 0 Å². The topological polar surface area (TPSA) is 57.1 Å². The first kappa shape index (κ1) is 18.2. The van der Waals surface area contributed by atoms with Crippen LogP contribution in [0, 0.1) is 17.2 Å². The van der Waals surface area contributed by atoms with Gasteiger partial charge >= 0.3 is 0 Å². The van der Waals surface area contributed by atoms with Gasteiger partial charge in [-0.05, 0) is 55.1 Å². The fourth-order valence-electron chi connectivity index (χ4n) is 2.23.